The highest BCUT2D eigenvalue weighted by atomic mass is 16.5. The summed E-state index contributed by atoms with van der Waals surface area (Å²) < 4.78 is 4.67. The fourth-order valence-corrected chi connectivity index (χ4v) is 1.46. The Labute approximate surface area is 102 Å². The SMILES string of the molecule is C=CCCCN(C)c1cc(C(=O)OC)ccn1. The number of carbonyl (C=O) groups excluding carboxylic acids is 1. The van der Waals surface area contributed by atoms with E-state index in [0.29, 0.717) is 5.56 Å². The lowest BCUT2D eigenvalue weighted by molar-refractivity contribution is 0.0600. The number of anilines is 1. The molecule has 0 N–H and O–H groups in total. The van der Waals surface area contributed by atoms with Gasteiger partial charge in [-0.25, -0.2) is 9.78 Å². The van der Waals surface area contributed by atoms with Crippen molar-refractivity contribution >= 4 is 11.8 Å². The van der Waals surface area contributed by atoms with Gasteiger partial charge in [0.15, 0.2) is 0 Å². The third-order valence-corrected chi connectivity index (χ3v) is 2.46. The first-order valence-corrected chi connectivity index (χ1v) is 5.55. The number of esters is 1. The molecule has 0 spiro atoms. The minimum absolute atomic E-state index is 0.340. The van der Waals surface area contributed by atoms with Crippen LogP contribution in [0.3, 0.4) is 0 Å². The van der Waals surface area contributed by atoms with Gasteiger partial charge in [-0.1, -0.05) is 6.08 Å². The number of aromatic nitrogens is 1. The van der Waals surface area contributed by atoms with Crippen LogP contribution in [0.1, 0.15) is 23.2 Å². The Morgan fingerprint density at radius 1 is 1.65 bits per heavy atom. The standard InChI is InChI=1S/C13H18N2O2/c1-4-5-6-9-15(2)12-10-11(7-8-14-12)13(16)17-3/h4,7-8,10H,1,5-6,9H2,2-3H3. The lowest BCUT2D eigenvalue weighted by atomic mass is 10.2. The second-order valence-corrected chi connectivity index (χ2v) is 3.75. The van der Waals surface area contributed by atoms with E-state index in [0.717, 1.165) is 25.2 Å². The Morgan fingerprint density at radius 2 is 2.41 bits per heavy atom. The van der Waals surface area contributed by atoms with Gasteiger partial charge in [-0.05, 0) is 25.0 Å². The highest BCUT2D eigenvalue weighted by Crippen LogP contribution is 2.12. The fourth-order valence-electron chi connectivity index (χ4n) is 1.46. The summed E-state index contributed by atoms with van der Waals surface area (Å²) in [4.78, 5) is 17.6. The van der Waals surface area contributed by atoms with Crippen molar-refractivity contribution in [3.05, 3.63) is 36.5 Å². The van der Waals surface area contributed by atoms with Crippen LogP contribution in [-0.4, -0.2) is 31.7 Å². The largest absolute Gasteiger partial charge is 0.465 e. The molecule has 0 aromatic carbocycles. The van der Waals surface area contributed by atoms with Gasteiger partial charge < -0.3 is 9.64 Å². The number of ether oxygens (including phenoxy) is 1. The first-order valence-electron chi connectivity index (χ1n) is 5.55. The average Bonchev–Trinajstić information content (AvgIpc) is 2.38. The molecule has 1 heterocycles. The van der Waals surface area contributed by atoms with Crippen LogP contribution in [0.5, 0.6) is 0 Å². The van der Waals surface area contributed by atoms with Gasteiger partial charge in [0.25, 0.3) is 0 Å². The van der Waals surface area contributed by atoms with Crippen molar-refractivity contribution in [3.8, 4) is 0 Å². The molecule has 0 saturated carbocycles. The fraction of sp³-hybridized carbons (Fsp3) is 0.385. The number of carbonyl (C=O) groups is 1. The molecule has 4 nitrogen and oxygen atoms in total. The molecule has 1 aromatic rings. The van der Waals surface area contributed by atoms with E-state index in [-0.39, 0.29) is 5.97 Å². The van der Waals surface area contributed by atoms with E-state index < -0.39 is 0 Å². The van der Waals surface area contributed by atoms with Crippen molar-refractivity contribution in [2.75, 3.05) is 25.6 Å². The number of rotatable bonds is 6. The summed E-state index contributed by atoms with van der Waals surface area (Å²) in [6, 6.07) is 3.38. The van der Waals surface area contributed by atoms with Crippen LogP contribution in [0.15, 0.2) is 31.0 Å². The van der Waals surface area contributed by atoms with Crippen LogP contribution in [-0.2, 0) is 4.74 Å². The maximum absolute atomic E-state index is 11.4. The molecule has 17 heavy (non-hydrogen) atoms. The number of hydrogen-bond acceptors (Lipinski definition) is 4. The molecule has 92 valence electrons. The Hall–Kier alpha value is -1.84. The molecule has 1 aromatic heterocycles. The zero-order valence-electron chi connectivity index (χ0n) is 10.3. The van der Waals surface area contributed by atoms with Crippen LogP contribution in [0.25, 0.3) is 0 Å². The van der Waals surface area contributed by atoms with Crippen LogP contribution in [0.2, 0.25) is 0 Å². The van der Waals surface area contributed by atoms with Gasteiger partial charge in [0.05, 0.1) is 12.7 Å². The van der Waals surface area contributed by atoms with E-state index in [2.05, 4.69) is 16.3 Å². The van der Waals surface area contributed by atoms with E-state index in [9.17, 15) is 4.79 Å². The van der Waals surface area contributed by atoms with Crippen molar-refractivity contribution in [2.24, 2.45) is 0 Å². The zero-order valence-corrected chi connectivity index (χ0v) is 10.3. The molecule has 0 saturated heterocycles. The topological polar surface area (TPSA) is 42.4 Å². The van der Waals surface area contributed by atoms with E-state index in [1.165, 1.54) is 7.11 Å². The summed E-state index contributed by atoms with van der Waals surface area (Å²) in [6.07, 6.45) is 5.50. The average molecular weight is 234 g/mol. The quantitative estimate of drug-likeness (QED) is 0.430. The van der Waals surface area contributed by atoms with E-state index >= 15 is 0 Å². The number of hydrogen-bond donors (Lipinski definition) is 0. The Morgan fingerprint density at radius 3 is 3.06 bits per heavy atom. The first-order chi connectivity index (χ1) is 8.19. The number of allylic oxidation sites excluding steroid dienone is 1. The number of unbranched alkanes of at least 4 members (excludes halogenated alkanes) is 1. The summed E-state index contributed by atoms with van der Waals surface area (Å²) in [5.41, 5.74) is 0.521. The van der Waals surface area contributed by atoms with Crippen LogP contribution in [0.4, 0.5) is 5.82 Å². The summed E-state index contributed by atoms with van der Waals surface area (Å²) >= 11 is 0. The molecule has 0 radical (unpaired) electrons. The van der Waals surface area contributed by atoms with Crippen LogP contribution >= 0.6 is 0 Å². The van der Waals surface area contributed by atoms with Crippen LogP contribution < -0.4 is 4.90 Å². The zero-order chi connectivity index (χ0) is 12.7. The number of methoxy groups -OCH3 is 1. The van der Waals surface area contributed by atoms with E-state index in [4.69, 9.17) is 0 Å². The molecule has 0 unspecified atom stereocenters. The Kier molecular flexibility index (Phi) is 5.20. The first kappa shape index (κ1) is 13.2. The van der Waals surface area contributed by atoms with Gasteiger partial charge in [0.2, 0.25) is 0 Å². The predicted molar refractivity (Wildman–Crippen MR) is 68.3 cm³/mol. The highest BCUT2D eigenvalue weighted by molar-refractivity contribution is 5.90. The molecular formula is C13H18N2O2. The highest BCUT2D eigenvalue weighted by Gasteiger charge is 2.08. The minimum Gasteiger partial charge on any atom is -0.465 e. The molecule has 0 bridgehead atoms. The normalized spacial score (nSPS) is 9.76. The molecule has 0 fully saturated rings. The molecule has 0 atom stereocenters. The smallest absolute Gasteiger partial charge is 0.338 e. The monoisotopic (exact) mass is 234 g/mol. The molecule has 0 amide bonds. The van der Waals surface area contributed by atoms with Crippen molar-refractivity contribution < 1.29 is 9.53 Å². The summed E-state index contributed by atoms with van der Waals surface area (Å²) in [6.45, 7) is 4.56. The second-order valence-electron chi connectivity index (χ2n) is 3.75. The predicted octanol–water partition coefficient (Wildman–Crippen LogP) is 2.27. The number of pyridine rings is 1. The van der Waals surface area contributed by atoms with Crippen molar-refractivity contribution in [3.63, 3.8) is 0 Å². The number of nitrogens with zero attached hydrogens (tertiary/aromatic N) is 2. The second kappa shape index (κ2) is 6.68. The Balaban J connectivity index is 2.70. The van der Waals surface area contributed by atoms with Gasteiger partial charge in [0, 0.05) is 19.8 Å². The summed E-state index contributed by atoms with van der Waals surface area (Å²) in [5, 5.41) is 0. The van der Waals surface area contributed by atoms with Gasteiger partial charge in [0.1, 0.15) is 5.82 Å². The molecule has 4 heteroatoms. The molecule has 0 aliphatic carbocycles. The molecule has 1 rings (SSSR count). The van der Waals surface area contributed by atoms with E-state index in [1.54, 1.807) is 18.3 Å². The Bertz CT molecular complexity index is 391. The molecule has 0 aliphatic heterocycles. The van der Waals surface area contributed by atoms with Crippen LogP contribution in [0, 0.1) is 0 Å². The third-order valence-electron chi connectivity index (χ3n) is 2.46. The molecular weight excluding hydrogens is 216 g/mol. The summed E-state index contributed by atoms with van der Waals surface area (Å²) in [5.74, 6) is 0.435. The minimum atomic E-state index is -0.340. The third kappa shape index (κ3) is 3.90. The van der Waals surface area contributed by atoms with Crippen molar-refractivity contribution in [2.45, 2.75) is 12.8 Å². The van der Waals surface area contributed by atoms with Gasteiger partial charge in [-0.3, -0.25) is 0 Å². The summed E-state index contributed by atoms with van der Waals surface area (Å²) in [7, 11) is 3.32. The molecule has 0 aliphatic rings. The van der Waals surface area contributed by atoms with Gasteiger partial charge in [-0.2, -0.15) is 0 Å². The van der Waals surface area contributed by atoms with Gasteiger partial charge >= 0.3 is 5.97 Å². The maximum atomic E-state index is 11.4. The van der Waals surface area contributed by atoms with Gasteiger partial charge in [-0.15, -0.1) is 6.58 Å². The van der Waals surface area contributed by atoms with E-state index in [1.807, 2.05) is 18.0 Å². The lowest BCUT2D eigenvalue weighted by Gasteiger charge is -2.17. The maximum Gasteiger partial charge on any atom is 0.338 e. The van der Waals surface area contributed by atoms with Crippen molar-refractivity contribution in [1.82, 2.24) is 4.98 Å². The lowest BCUT2D eigenvalue weighted by Crippen LogP contribution is -2.20. The van der Waals surface area contributed by atoms with Crippen molar-refractivity contribution in [1.29, 1.82) is 0 Å².